The first kappa shape index (κ1) is 13.2. The van der Waals surface area contributed by atoms with E-state index in [9.17, 15) is 9.59 Å². The summed E-state index contributed by atoms with van der Waals surface area (Å²) in [6, 6.07) is 7.41. The lowest BCUT2D eigenvalue weighted by Gasteiger charge is -2.05. The quantitative estimate of drug-likeness (QED) is 0.314. The van der Waals surface area contributed by atoms with E-state index in [0.29, 0.717) is 5.69 Å². The van der Waals surface area contributed by atoms with E-state index >= 15 is 0 Å². The highest BCUT2D eigenvalue weighted by Crippen LogP contribution is 2.11. The minimum Gasteiger partial charge on any atom is -0.318 e. The van der Waals surface area contributed by atoms with Crippen molar-refractivity contribution in [3.63, 3.8) is 0 Å². The Morgan fingerprint density at radius 2 is 1.82 bits per heavy atom. The van der Waals surface area contributed by atoms with E-state index in [1.54, 1.807) is 17.6 Å². The number of carbonyl (C=O) groups is 2. The zero-order valence-electron chi connectivity index (χ0n) is 9.82. The Morgan fingerprint density at radius 3 is 2.35 bits per heavy atom. The van der Waals surface area contributed by atoms with Crippen LogP contribution in [0.4, 0.5) is 5.69 Å². The molecule has 1 aromatic carbocycles. The number of carbonyl (C=O) groups excluding carboxylic acids is 2. The van der Waals surface area contributed by atoms with Crippen molar-refractivity contribution in [3.8, 4) is 0 Å². The van der Waals surface area contributed by atoms with Gasteiger partial charge in [0.05, 0.1) is 0 Å². The summed E-state index contributed by atoms with van der Waals surface area (Å²) >= 11 is 0. The fourth-order valence-electron chi connectivity index (χ4n) is 1.39. The lowest BCUT2D eigenvalue weighted by molar-refractivity contribution is -0.136. The van der Waals surface area contributed by atoms with Crippen LogP contribution in [-0.4, -0.2) is 11.8 Å². The predicted molar refractivity (Wildman–Crippen MR) is 66.0 cm³/mol. The Hall–Kier alpha value is -1.88. The largest absolute Gasteiger partial charge is 0.323 e. The number of amides is 2. The Kier molecular flexibility index (Phi) is 5.16. The molecule has 0 spiro atoms. The van der Waals surface area contributed by atoms with E-state index in [4.69, 9.17) is 5.84 Å². The number of hydrogen-bond acceptors (Lipinski definition) is 3. The zero-order valence-corrected chi connectivity index (χ0v) is 9.82. The minimum absolute atomic E-state index is 0.582. The number of rotatable bonds is 4. The number of unbranched alkanes of at least 4 members (excludes halogenated alkanes) is 1. The van der Waals surface area contributed by atoms with Crippen LogP contribution in [0.5, 0.6) is 0 Å². The molecule has 5 nitrogen and oxygen atoms in total. The monoisotopic (exact) mass is 235 g/mol. The van der Waals surface area contributed by atoms with E-state index in [0.717, 1.165) is 19.3 Å². The third kappa shape index (κ3) is 4.24. The molecular weight excluding hydrogens is 218 g/mol. The molecule has 0 radical (unpaired) electrons. The summed E-state index contributed by atoms with van der Waals surface area (Å²) in [6.45, 7) is 2.14. The maximum atomic E-state index is 11.2. The van der Waals surface area contributed by atoms with Crippen LogP contribution in [0, 0.1) is 0 Å². The average Bonchev–Trinajstić information content (AvgIpc) is 2.37. The fourth-order valence-corrected chi connectivity index (χ4v) is 1.39. The van der Waals surface area contributed by atoms with E-state index in [2.05, 4.69) is 12.2 Å². The van der Waals surface area contributed by atoms with E-state index in [1.807, 2.05) is 12.1 Å². The molecule has 0 saturated heterocycles. The first-order valence-electron chi connectivity index (χ1n) is 5.58. The smallest absolute Gasteiger partial charge is 0.318 e. The van der Waals surface area contributed by atoms with Crippen LogP contribution >= 0.6 is 0 Å². The summed E-state index contributed by atoms with van der Waals surface area (Å²) in [5.74, 6) is 3.21. The molecule has 0 aliphatic heterocycles. The van der Waals surface area contributed by atoms with Crippen molar-refractivity contribution in [1.82, 2.24) is 5.43 Å². The average molecular weight is 235 g/mol. The third-order valence-electron chi connectivity index (χ3n) is 2.37. The van der Waals surface area contributed by atoms with Gasteiger partial charge in [-0.05, 0) is 30.5 Å². The van der Waals surface area contributed by atoms with Crippen molar-refractivity contribution < 1.29 is 9.59 Å². The van der Waals surface area contributed by atoms with Crippen molar-refractivity contribution in [2.75, 3.05) is 5.32 Å². The Labute approximate surface area is 100 Å². The maximum Gasteiger partial charge on any atom is 0.323 e. The van der Waals surface area contributed by atoms with Gasteiger partial charge in [0.15, 0.2) is 0 Å². The van der Waals surface area contributed by atoms with Gasteiger partial charge in [0, 0.05) is 5.69 Å². The van der Waals surface area contributed by atoms with Gasteiger partial charge in [0.1, 0.15) is 0 Å². The second-order valence-corrected chi connectivity index (χ2v) is 3.73. The van der Waals surface area contributed by atoms with Crippen LogP contribution < -0.4 is 16.6 Å². The third-order valence-corrected chi connectivity index (χ3v) is 2.37. The van der Waals surface area contributed by atoms with Crippen molar-refractivity contribution in [1.29, 1.82) is 0 Å². The van der Waals surface area contributed by atoms with Gasteiger partial charge in [-0.15, -0.1) is 0 Å². The first-order chi connectivity index (χ1) is 8.17. The minimum atomic E-state index is -0.861. The van der Waals surface area contributed by atoms with Gasteiger partial charge >= 0.3 is 11.8 Å². The highest BCUT2D eigenvalue weighted by molar-refractivity contribution is 6.39. The number of hydrazine groups is 1. The van der Waals surface area contributed by atoms with E-state index < -0.39 is 11.8 Å². The molecule has 0 saturated carbocycles. The lowest BCUT2D eigenvalue weighted by Crippen LogP contribution is -2.39. The van der Waals surface area contributed by atoms with Crippen LogP contribution in [0.3, 0.4) is 0 Å². The summed E-state index contributed by atoms with van der Waals surface area (Å²) in [5, 5.41) is 2.44. The maximum absolute atomic E-state index is 11.2. The van der Waals surface area contributed by atoms with Gasteiger partial charge in [-0.25, -0.2) is 5.84 Å². The molecule has 5 heteroatoms. The highest BCUT2D eigenvalue weighted by atomic mass is 16.2. The SMILES string of the molecule is CCCCc1ccc(NC(=O)C(=O)NN)cc1. The van der Waals surface area contributed by atoms with Gasteiger partial charge in [0.2, 0.25) is 0 Å². The predicted octanol–water partition coefficient (Wildman–Crippen LogP) is 0.958. The van der Waals surface area contributed by atoms with Crippen LogP contribution in [0.2, 0.25) is 0 Å². The zero-order chi connectivity index (χ0) is 12.7. The molecular formula is C12H17N3O2. The van der Waals surface area contributed by atoms with Gasteiger partial charge < -0.3 is 5.32 Å². The van der Waals surface area contributed by atoms with E-state index in [1.165, 1.54) is 5.56 Å². The number of nitrogens with two attached hydrogens (primary N) is 1. The van der Waals surface area contributed by atoms with Crippen molar-refractivity contribution >= 4 is 17.5 Å². The number of benzene rings is 1. The normalized spacial score (nSPS) is 9.76. The number of aryl methyl sites for hydroxylation is 1. The molecule has 0 aromatic heterocycles. The number of nitrogens with one attached hydrogen (secondary N) is 2. The molecule has 0 heterocycles. The summed E-state index contributed by atoms with van der Waals surface area (Å²) in [7, 11) is 0. The molecule has 17 heavy (non-hydrogen) atoms. The topological polar surface area (TPSA) is 84.2 Å². The van der Waals surface area contributed by atoms with Crippen LogP contribution in [0.1, 0.15) is 25.3 Å². The molecule has 0 atom stereocenters. The van der Waals surface area contributed by atoms with Crippen molar-refractivity contribution in [2.45, 2.75) is 26.2 Å². The van der Waals surface area contributed by atoms with E-state index in [-0.39, 0.29) is 0 Å². The molecule has 0 fully saturated rings. The second kappa shape index (κ2) is 6.65. The summed E-state index contributed by atoms with van der Waals surface area (Å²) in [6.07, 6.45) is 3.31. The highest BCUT2D eigenvalue weighted by Gasteiger charge is 2.11. The molecule has 92 valence electrons. The molecule has 0 bridgehead atoms. The summed E-state index contributed by atoms with van der Waals surface area (Å²) in [5.41, 5.74) is 3.57. The van der Waals surface area contributed by atoms with Gasteiger partial charge in [-0.3, -0.25) is 15.0 Å². The van der Waals surface area contributed by atoms with Gasteiger partial charge in [-0.2, -0.15) is 0 Å². The molecule has 0 aliphatic carbocycles. The summed E-state index contributed by atoms with van der Waals surface area (Å²) in [4.78, 5) is 22.1. The molecule has 4 N–H and O–H groups in total. The van der Waals surface area contributed by atoms with Gasteiger partial charge in [-0.1, -0.05) is 25.5 Å². The Balaban J connectivity index is 2.56. The molecule has 0 unspecified atom stereocenters. The lowest BCUT2D eigenvalue weighted by atomic mass is 10.1. The molecule has 1 rings (SSSR count). The van der Waals surface area contributed by atoms with Crippen LogP contribution in [0.25, 0.3) is 0 Å². The Bertz CT molecular complexity index is 387. The number of hydrogen-bond donors (Lipinski definition) is 3. The summed E-state index contributed by atoms with van der Waals surface area (Å²) < 4.78 is 0. The molecule has 2 amide bonds. The van der Waals surface area contributed by atoms with Crippen LogP contribution in [0.15, 0.2) is 24.3 Å². The van der Waals surface area contributed by atoms with Gasteiger partial charge in [0.25, 0.3) is 0 Å². The van der Waals surface area contributed by atoms with Crippen molar-refractivity contribution in [3.05, 3.63) is 29.8 Å². The van der Waals surface area contributed by atoms with Crippen molar-refractivity contribution in [2.24, 2.45) is 5.84 Å². The fraction of sp³-hybridized carbons (Fsp3) is 0.333. The molecule has 0 aliphatic rings. The standard InChI is InChI=1S/C12H17N3O2/c1-2-3-4-9-5-7-10(8-6-9)14-11(16)12(17)15-13/h5-8H,2-4,13H2,1H3,(H,14,16)(H,15,17). The Morgan fingerprint density at radius 1 is 1.18 bits per heavy atom. The molecule has 1 aromatic rings. The first-order valence-corrected chi connectivity index (χ1v) is 5.58. The number of anilines is 1. The van der Waals surface area contributed by atoms with Crippen LogP contribution in [-0.2, 0) is 16.0 Å². The second-order valence-electron chi connectivity index (χ2n) is 3.73.